The number of fused-ring (bicyclic) bond motifs is 1. The number of aliphatic carboxylic acids is 1. The monoisotopic (exact) mass is 246 g/mol. The molecule has 3 unspecified atom stereocenters. The number of thioether (sulfide) groups is 1. The fourth-order valence-electron chi connectivity index (χ4n) is 1.90. The van der Waals surface area contributed by atoms with Gasteiger partial charge in [0, 0.05) is 0 Å². The number of nitrogens with two attached hydrogens (primary N) is 1. The summed E-state index contributed by atoms with van der Waals surface area (Å²) < 4.78 is 5.22. The van der Waals surface area contributed by atoms with Crippen LogP contribution in [0.25, 0.3) is 0 Å². The molecule has 0 aliphatic carbocycles. The van der Waals surface area contributed by atoms with E-state index in [1.807, 2.05) is 0 Å². The average Bonchev–Trinajstić information content (AvgIpc) is 2.40. The molecule has 0 spiro atoms. The summed E-state index contributed by atoms with van der Waals surface area (Å²) in [5.41, 5.74) is 5.71. The Bertz CT molecular complexity index is 312. The van der Waals surface area contributed by atoms with Gasteiger partial charge in [0.1, 0.15) is 5.37 Å². The van der Waals surface area contributed by atoms with Gasteiger partial charge in [-0.2, -0.15) is 0 Å². The minimum Gasteiger partial charge on any atom is -0.480 e. The number of nitrogens with zero attached hydrogens (tertiary/aromatic N) is 1. The van der Waals surface area contributed by atoms with Crippen molar-refractivity contribution >= 4 is 23.6 Å². The molecule has 90 valence electrons. The van der Waals surface area contributed by atoms with E-state index in [0.717, 1.165) is 5.75 Å². The van der Waals surface area contributed by atoms with Crippen LogP contribution in [0.1, 0.15) is 6.42 Å². The van der Waals surface area contributed by atoms with Gasteiger partial charge in [-0.3, -0.25) is 4.79 Å². The van der Waals surface area contributed by atoms with Gasteiger partial charge in [0.2, 0.25) is 5.91 Å². The van der Waals surface area contributed by atoms with Gasteiger partial charge >= 0.3 is 5.97 Å². The van der Waals surface area contributed by atoms with Crippen molar-refractivity contribution in [3.63, 3.8) is 0 Å². The molecule has 2 aliphatic rings. The van der Waals surface area contributed by atoms with E-state index in [2.05, 4.69) is 0 Å². The standard InChI is InChI=1S/C9H14N2O4S/c10-5-1-2-16-7-4-15-3-6(9(13)14)11(7)8(5)12/h5-7H,1-4,10H2,(H,13,14). The zero-order valence-corrected chi connectivity index (χ0v) is 9.48. The SMILES string of the molecule is NC1CCSC2COCC(C(=O)O)N2C1=O. The molecule has 2 saturated heterocycles. The van der Waals surface area contributed by atoms with E-state index >= 15 is 0 Å². The highest BCUT2D eigenvalue weighted by Gasteiger charge is 2.42. The molecule has 2 rings (SSSR count). The zero-order valence-electron chi connectivity index (χ0n) is 8.67. The molecule has 2 aliphatic heterocycles. The van der Waals surface area contributed by atoms with Crippen LogP contribution >= 0.6 is 11.8 Å². The lowest BCUT2D eigenvalue weighted by Crippen LogP contribution is -2.59. The molecule has 0 bridgehead atoms. The van der Waals surface area contributed by atoms with E-state index in [4.69, 9.17) is 15.6 Å². The fraction of sp³-hybridized carbons (Fsp3) is 0.778. The summed E-state index contributed by atoms with van der Waals surface area (Å²) in [6, 6.07) is -1.49. The summed E-state index contributed by atoms with van der Waals surface area (Å²) in [6.45, 7) is 0.428. The molecule has 1 amide bonds. The third kappa shape index (κ3) is 2.02. The number of carbonyl (C=O) groups is 2. The highest BCUT2D eigenvalue weighted by molar-refractivity contribution is 7.99. The van der Waals surface area contributed by atoms with E-state index in [1.54, 1.807) is 0 Å². The van der Waals surface area contributed by atoms with Gasteiger partial charge in [0.25, 0.3) is 0 Å². The maximum absolute atomic E-state index is 12.0. The first-order chi connectivity index (χ1) is 7.61. The molecule has 7 heteroatoms. The second-order valence-electron chi connectivity index (χ2n) is 3.86. The molecule has 3 atom stereocenters. The Kier molecular flexibility index (Phi) is 3.36. The van der Waals surface area contributed by atoms with Crippen LogP contribution in [0.5, 0.6) is 0 Å². The lowest BCUT2D eigenvalue weighted by Gasteiger charge is -2.38. The number of amides is 1. The van der Waals surface area contributed by atoms with Crippen LogP contribution in [-0.2, 0) is 14.3 Å². The minimum atomic E-state index is -1.03. The lowest BCUT2D eigenvalue weighted by molar-refractivity contribution is -0.160. The third-order valence-electron chi connectivity index (χ3n) is 2.78. The van der Waals surface area contributed by atoms with Crippen molar-refractivity contribution in [3.05, 3.63) is 0 Å². The Morgan fingerprint density at radius 1 is 1.56 bits per heavy atom. The van der Waals surface area contributed by atoms with E-state index in [1.165, 1.54) is 16.7 Å². The predicted molar refractivity (Wildman–Crippen MR) is 57.9 cm³/mol. The summed E-state index contributed by atoms with van der Waals surface area (Å²) in [4.78, 5) is 24.4. The van der Waals surface area contributed by atoms with E-state index < -0.39 is 18.1 Å². The van der Waals surface area contributed by atoms with Crippen LogP contribution in [0, 0.1) is 0 Å². The first kappa shape index (κ1) is 11.7. The van der Waals surface area contributed by atoms with Crippen molar-refractivity contribution in [2.24, 2.45) is 5.73 Å². The van der Waals surface area contributed by atoms with Crippen molar-refractivity contribution in [2.75, 3.05) is 19.0 Å². The van der Waals surface area contributed by atoms with Gasteiger partial charge < -0.3 is 20.5 Å². The third-order valence-corrected chi connectivity index (χ3v) is 4.00. The summed E-state index contributed by atoms with van der Waals surface area (Å²) in [5, 5.41) is 8.84. The number of ether oxygens (including phenoxy) is 1. The Morgan fingerprint density at radius 2 is 2.31 bits per heavy atom. The smallest absolute Gasteiger partial charge is 0.328 e. The largest absolute Gasteiger partial charge is 0.480 e. The molecule has 3 N–H and O–H groups in total. The van der Waals surface area contributed by atoms with Crippen molar-refractivity contribution < 1.29 is 19.4 Å². The molecule has 16 heavy (non-hydrogen) atoms. The second kappa shape index (κ2) is 4.60. The first-order valence-corrected chi connectivity index (χ1v) is 6.16. The molecular weight excluding hydrogens is 232 g/mol. The van der Waals surface area contributed by atoms with Crippen LogP contribution in [0.15, 0.2) is 0 Å². The van der Waals surface area contributed by atoms with E-state index in [0.29, 0.717) is 13.0 Å². The molecular formula is C9H14N2O4S. The number of hydrogen-bond acceptors (Lipinski definition) is 5. The van der Waals surface area contributed by atoms with Gasteiger partial charge in [-0.15, -0.1) is 11.8 Å². The van der Waals surface area contributed by atoms with Crippen LogP contribution < -0.4 is 5.73 Å². The molecule has 0 aromatic carbocycles. The van der Waals surface area contributed by atoms with Gasteiger partial charge in [-0.05, 0) is 12.2 Å². The van der Waals surface area contributed by atoms with Gasteiger partial charge in [-0.25, -0.2) is 4.79 Å². The number of carbonyl (C=O) groups excluding carboxylic acids is 1. The number of rotatable bonds is 1. The Balaban J connectivity index is 2.25. The minimum absolute atomic E-state index is 0.0465. The summed E-state index contributed by atoms with van der Waals surface area (Å²) >= 11 is 1.53. The summed E-state index contributed by atoms with van der Waals surface area (Å²) in [6.07, 6.45) is 0.586. The average molecular weight is 246 g/mol. The highest BCUT2D eigenvalue weighted by atomic mass is 32.2. The summed E-state index contributed by atoms with van der Waals surface area (Å²) in [7, 11) is 0. The highest BCUT2D eigenvalue weighted by Crippen LogP contribution is 2.28. The van der Waals surface area contributed by atoms with Gasteiger partial charge in [0.15, 0.2) is 6.04 Å². The fourth-order valence-corrected chi connectivity index (χ4v) is 3.17. The number of morpholine rings is 1. The second-order valence-corrected chi connectivity index (χ2v) is 5.14. The van der Waals surface area contributed by atoms with Crippen LogP contribution in [0.3, 0.4) is 0 Å². The lowest BCUT2D eigenvalue weighted by atomic mass is 10.1. The van der Waals surface area contributed by atoms with E-state index in [9.17, 15) is 9.59 Å². The van der Waals surface area contributed by atoms with Gasteiger partial charge in [-0.1, -0.05) is 0 Å². The maximum Gasteiger partial charge on any atom is 0.328 e. The van der Waals surface area contributed by atoms with Crippen LogP contribution in [0.2, 0.25) is 0 Å². The number of carboxylic acids is 1. The molecule has 0 radical (unpaired) electrons. The summed E-state index contributed by atoms with van der Waals surface area (Å²) in [5.74, 6) is -0.553. The van der Waals surface area contributed by atoms with E-state index in [-0.39, 0.29) is 17.9 Å². The molecule has 6 nitrogen and oxygen atoms in total. The Hall–Kier alpha value is -0.790. The predicted octanol–water partition coefficient (Wildman–Crippen LogP) is -0.911. The topological polar surface area (TPSA) is 92.9 Å². The zero-order chi connectivity index (χ0) is 11.7. The molecule has 2 fully saturated rings. The van der Waals surface area contributed by atoms with Crippen molar-refractivity contribution in [1.29, 1.82) is 0 Å². The Morgan fingerprint density at radius 3 is 3.00 bits per heavy atom. The number of carboxylic acid groups (broad SMARTS) is 1. The molecule has 0 aromatic heterocycles. The Labute approximate surface area is 97.1 Å². The number of hydrogen-bond donors (Lipinski definition) is 2. The quantitative estimate of drug-likeness (QED) is 0.622. The van der Waals surface area contributed by atoms with Crippen LogP contribution in [0.4, 0.5) is 0 Å². The van der Waals surface area contributed by atoms with Crippen molar-refractivity contribution in [3.8, 4) is 0 Å². The van der Waals surface area contributed by atoms with Gasteiger partial charge in [0.05, 0.1) is 19.3 Å². The maximum atomic E-state index is 12.0. The normalized spacial score (nSPS) is 35.4. The molecule has 0 saturated carbocycles. The van der Waals surface area contributed by atoms with Crippen molar-refractivity contribution in [2.45, 2.75) is 23.9 Å². The van der Waals surface area contributed by atoms with Crippen molar-refractivity contribution in [1.82, 2.24) is 4.90 Å². The molecule has 0 aromatic rings. The van der Waals surface area contributed by atoms with Crippen LogP contribution in [-0.4, -0.2) is 58.3 Å². The molecule has 2 heterocycles. The first-order valence-electron chi connectivity index (χ1n) is 5.11.